The molecule has 0 saturated heterocycles. The highest BCUT2D eigenvalue weighted by atomic mass is 31.2. The number of hydrogen-bond donors (Lipinski definition) is 1. The molecule has 0 aliphatic carbocycles. The van der Waals surface area contributed by atoms with Crippen molar-refractivity contribution < 1.29 is 37.6 Å². The van der Waals surface area contributed by atoms with Crippen LogP contribution in [0.15, 0.2) is 48.6 Å². The van der Waals surface area contributed by atoms with Gasteiger partial charge in [-0.05, 0) is 64.2 Å². The van der Waals surface area contributed by atoms with E-state index < -0.39 is 26.5 Å². The van der Waals surface area contributed by atoms with Gasteiger partial charge < -0.3 is 14.4 Å². The van der Waals surface area contributed by atoms with E-state index in [1.165, 1.54) is 32.1 Å². The lowest BCUT2D eigenvalue weighted by molar-refractivity contribution is -0.161. The molecule has 0 aromatic rings. The van der Waals surface area contributed by atoms with Gasteiger partial charge in [0, 0.05) is 20.0 Å². The lowest BCUT2D eigenvalue weighted by Gasteiger charge is -2.19. The summed E-state index contributed by atoms with van der Waals surface area (Å²) in [5, 5.41) is 0. The summed E-state index contributed by atoms with van der Waals surface area (Å²) in [6, 6.07) is 0. The second-order valence-corrected chi connectivity index (χ2v) is 13.5. The van der Waals surface area contributed by atoms with Crippen molar-refractivity contribution in [1.29, 1.82) is 0 Å². The molecule has 0 aromatic heterocycles. The summed E-state index contributed by atoms with van der Waals surface area (Å²) in [6.07, 6.45) is 38.7. The van der Waals surface area contributed by atoms with Gasteiger partial charge in [-0.1, -0.05) is 127 Å². The molecule has 0 heterocycles. The van der Waals surface area contributed by atoms with Crippen LogP contribution in [0, 0.1) is 0 Å². The van der Waals surface area contributed by atoms with E-state index in [-0.39, 0.29) is 25.4 Å². The molecule has 272 valence electrons. The molecule has 0 rings (SSSR count). The van der Waals surface area contributed by atoms with Gasteiger partial charge in [0.15, 0.2) is 6.10 Å². The molecule has 0 amide bonds. The summed E-state index contributed by atoms with van der Waals surface area (Å²) in [6.45, 7) is 3.70. The summed E-state index contributed by atoms with van der Waals surface area (Å²) in [5.41, 5.74) is 0. The van der Waals surface area contributed by atoms with Crippen LogP contribution < -0.4 is 0 Å². The van der Waals surface area contributed by atoms with Crippen LogP contribution in [-0.4, -0.2) is 43.3 Å². The number of ether oxygens (including phenoxy) is 2. The minimum absolute atomic E-state index is 0.230. The van der Waals surface area contributed by atoms with Gasteiger partial charge in [0.1, 0.15) is 6.61 Å². The summed E-state index contributed by atoms with van der Waals surface area (Å²) < 4.78 is 31.8. The van der Waals surface area contributed by atoms with Crippen LogP contribution in [0.3, 0.4) is 0 Å². The zero-order valence-electron chi connectivity index (χ0n) is 29.9. The normalized spacial score (nSPS) is 14.0. The fraction of sp³-hybridized carbons (Fsp3) is 0.737. The predicted octanol–water partition coefficient (Wildman–Crippen LogP) is 11.1. The van der Waals surface area contributed by atoms with Crippen molar-refractivity contribution in [1.82, 2.24) is 0 Å². The number of esters is 2. The number of carbonyl (C=O) groups excluding carboxylic acids is 2. The van der Waals surface area contributed by atoms with Crippen LogP contribution in [0.25, 0.3) is 0 Å². The van der Waals surface area contributed by atoms with E-state index in [1.807, 2.05) is 0 Å². The van der Waals surface area contributed by atoms with Crippen molar-refractivity contribution in [2.45, 2.75) is 161 Å². The largest absolute Gasteiger partial charge is 0.472 e. The maximum atomic E-state index is 12.4. The minimum Gasteiger partial charge on any atom is -0.462 e. The monoisotopic (exact) mass is 682 g/mol. The minimum atomic E-state index is -4.26. The Morgan fingerprint density at radius 3 is 1.64 bits per heavy atom. The molecule has 0 bridgehead atoms. The fourth-order valence-electron chi connectivity index (χ4n) is 4.71. The van der Waals surface area contributed by atoms with E-state index in [0.29, 0.717) is 6.42 Å². The fourth-order valence-corrected chi connectivity index (χ4v) is 5.17. The summed E-state index contributed by atoms with van der Waals surface area (Å²) in [5.74, 6) is -0.831. The standard InChI is InChI=1S/C38H67O8P/c1-4-6-8-10-12-14-16-17-18-19-20-21-23-25-27-29-31-33-38(40)46-36(35-45-47(41,42)43-3)34-44-37(39)32-30-28-26-24-22-15-13-11-9-7-5-2/h6,8,11-14,17-18,36H,4-5,7,9-10,15-16,19-35H2,1-3H3,(H,41,42)/b8-6-,13-11-,14-12-,18-17-. The Morgan fingerprint density at radius 2 is 1.09 bits per heavy atom. The van der Waals surface area contributed by atoms with E-state index in [1.54, 1.807) is 0 Å². The van der Waals surface area contributed by atoms with E-state index in [0.717, 1.165) is 97.0 Å². The molecule has 9 heteroatoms. The van der Waals surface area contributed by atoms with Crippen LogP contribution in [0.2, 0.25) is 0 Å². The number of allylic oxidation sites excluding steroid dienone is 8. The molecule has 0 spiro atoms. The van der Waals surface area contributed by atoms with E-state index in [2.05, 4.69) is 67.0 Å². The van der Waals surface area contributed by atoms with Crippen LogP contribution >= 0.6 is 7.82 Å². The zero-order valence-corrected chi connectivity index (χ0v) is 30.8. The molecular weight excluding hydrogens is 615 g/mol. The molecule has 0 radical (unpaired) electrons. The smallest absolute Gasteiger partial charge is 0.462 e. The third-order valence-electron chi connectivity index (χ3n) is 7.56. The SMILES string of the molecule is CC/C=C\C/C=C\C/C=C\CCCCCCCCCC(=O)OC(COC(=O)CCCCCCC/C=C\CCCC)COP(=O)(O)OC. The Morgan fingerprint density at radius 1 is 0.617 bits per heavy atom. The van der Waals surface area contributed by atoms with Gasteiger partial charge in [0.25, 0.3) is 0 Å². The third kappa shape index (κ3) is 33.7. The summed E-state index contributed by atoms with van der Waals surface area (Å²) in [4.78, 5) is 34.3. The zero-order chi connectivity index (χ0) is 34.7. The predicted molar refractivity (Wildman–Crippen MR) is 193 cm³/mol. The molecule has 47 heavy (non-hydrogen) atoms. The highest BCUT2D eigenvalue weighted by molar-refractivity contribution is 7.47. The second kappa shape index (κ2) is 33.9. The molecule has 0 fully saturated rings. The summed E-state index contributed by atoms with van der Waals surface area (Å²) >= 11 is 0. The highest BCUT2D eigenvalue weighted by Crippen LogP contribution is 2.42. The molecule has 0 aliphatic rings. The Kier molecular flexibility index (Phi) is 32.5. The number of carbonyl (C=O) groups is 2. The van der Waals surface area contributed by atoms with E-state index >= 15 is 0 Å². The molecule has 1 N–H and O–H groups in total. The van der Waals surface area contributed by atoms with Crippen LogP contribution in [0.4, 0.5) is 0 Å². The first-order valence-electron chi connectivity index (χ1n) is 18.3. The first-order chi connectivity index (χ1) is 22.8. The maximum Gasteiger partial charge on any atom is 0.472 e. The lowest BCUT2D eigenvalue weighted by atomic mass is 10.1. The van der Waals surface area contributed by atoms with Crippen molar-refractivity contribution in [3.8, 4) is 0 Å². The molecule has 8 nitrogen and oxygen atoms in total. The van der Waals surface area contributed by atoms with Crippen molar-refractivity contribution in [3.63, 3.8) is 0 Å². The quantitative estimate of drug-likeness (QED) is 0.0315. The van der Waals surface area contributed by atoms with Crippen LogP contribution in [-0.2, 0) is 32.7 Å². The molecule has 2 unspecified atom stereocenters. The van der Waals surface area contributed by atoms with Crippen LogP contribution in [0.5, 0.6) is 0 Å². The Bertz CT molecular complexity index is 911. The van der Waals surface area contributed by atoms with Crippen molar-refractivity contribution in [3.05, 3.63) is 48.6 Å². The Hall–Kier alpha value is -1.99. The Labute approximate surface area is 287 Å². The molecule has 0 saturated carbocycles. The van der Waals surface area contributed by atoms with Crippen molar-refractivity contribution in [2.75, 3.05) is 20.3 Å². The maximum absolute atomic E-state index is 12.4. The van der Waals surface area contributed by atoms with Gasteiger partial charge in [-0.15, -0.1) is 0 Å². The molecule has 2 atom stereocenters. The first kappa shape index (κ1) is 45.0. The molecule has 0 aromatic carbocycles. The lowest BCUT2D eigenvalue weighted by Crippen LogP contribution is -2.29. The van der Waals surface area contributed by atoms with Gasteiger partial charge in [-0.3, -0.25) is 18.6 Å². The van der Waals surface area contributed by atoms with Crippen molar-refractivity contribution in [2.24, 2.45) is 0 Å². The van der Waals surface area contributed by atoms with E-state index in [4.69, 9.17) is 14.0 Å². The number of rotatable bonds is 33. The van der Waals surface area contributed by atoms with Gasteiger partial charge in [-0.25, -0.2) is 4.57 Å². The highest BCUT2D eigenvalue weighted by Gasteiger charge is 2.24. The van der Waals surface area contributed by atoms with Crippen LogP contribution in [0.1, 0.15) is 155 Å². The Balaban J connectivity index is 4.09. The van der Waals surface area contributed by atoms with Gasteiger partial charge in [0.2, 0.25) is 0 Å². The van der Waals surface area contributed by atoms with E-state index in [9.17, 15) is 19.0 Å². The number of unbranched alkanes of at least 4 members (excludes halogenated alkanes) is 14. The second-order valence-electron chi connectivity index (χ2n) is 12.0. The van der Waals surface area contributed by atoms with Gasteiger partial charge >= 0.3 is 19.8 Å². The first-order valence-corrected chi connectivity index (χ1v) is 19.8. The topological polar surface area (TPSA) is 108 Å². The number of phosphoric ester groups is 1. The molecule has 0 aliphatic heterocycles. The molecular formula is C38H67O8P. The number of hydrogen-bond acceptors (Lipinski definition) is 7. The summed E-state index contributed by atoms with van der Waals surface area (Å²) in [7, 11) is -3.21. The average molecular weight is 683 g/mol. The van der Waals surface area contributed by atoms with Crippen molar-refractivity contribution >= 4 is 19.8 Å². The average Bonchev–Trinajstić information content (AvgIpc) is 3.06. The van der Waals surface area contributed by atoms with Gasteiger partial charge in [-0.2, -0.15) is 0 Å². The van der Waals surface area contributed by atoms with Gasteiger partial charge in [0.05, 0.1) is 6.61 Å². The third-order valence-corrected chi connectivity index (χ3v) is 8.49. The number of phosphoric acid groups is 1.